The molecule has 30 rings (SSSR count). The molecule has 8 nitrogen and oxygen atoms in total. The summed E-state index contributed by atoms with van der Waals surface area (Å²) >= 11 is 7.03. The van der Waals surface area contributed by atoms with E-state index in [2.05, 4.69) is 479 Å². The van der Waals surface area contributed by atoms with E-state index in [0.29, 0.717) is 11.6 Å². The van der Waals surface area contributed by atoms with Crippen LogP contribution in [0.15, 0.2) is 518 Å². The maximum Gasteiger partial charge on any atom is 0.161 e. The molecule has 30 aromatic rings. The van der Waals surface area contributed by atoms with E-state index in [1.807, 2.05) is 41.7 Å². The summed E-state index contributed by atoms with van der Waals surface area (Å²) in [5.74, 6) is 2.15. The molecule has 9 aromatic heterocycles. The standard InChI is InChI=1S/C52H32N2OS.C46H28N2OS.C40H24N2S2/c1-2-11-33(12-3-1)34-23-25-35(26-24-34)38-13-8-14-39(31-38)40-15-9-16-41(32-40)51-53-49(48-45-18-5-7-22-47(45)56-52(48)54-51)37-29-27-36(28-30-37)42-19-10-20-44-43-17-4-6-21-46(43)55-50(42)44;1-2-11-29(12-3-1)30-23-25-31(26-24-30)32-13-8-14-33(27-32)34-15-9-16-35(28-34)45-47-43(42-38-18-5-7-22-41(38)50-46(42)48-45)39-20-10-19-37-36-17-4-6-21-40(36)49-44(37)39;1-2-11-25(12-3-1)37-36-33-18-5-7-22-35(33)44-40(36)42-39(41-37)29-16-9-14-27(24-29)26-13-8-15-28(23-26)30-19-10-20-32-31-17-4-6-21-34(31)43-38(30)32/h1-32H;1-28H;1-24H. The Bertz CT molecular complexity index is 10500. The molecule has 0 radical (unpaired) electrons. The van der Waals surface area contributed by atoms with Gasteiger partial charge in [-0.1, -0.05) is 431 Å². The normalized spacial score (nSPS) is 11.6. The Kier molecular flexibility index (Phi) is 22.6. The highest BCUT2D eigenvalue weighted by atomic mass is 32.1. The Morgan fingerprint density at radius 1 is 0.147 bits per heavy atom. The molecule has 150 heavy (non-hydrogen) atoms. The second-order valence-corrected chi connectivity index (χ2v) is 41.8. The highest BCUT2D eigenvalue weighted by molar-refractivity contribution is 7.27. The highest BCUT2D eigenvalue weighted by Gasteiger charge is 2.26. The summed E-state index contributed by atoms with van der Waals surface area (Å²) in [5, 5.41) is 13.9. The maximum absolute atomic E-state index is 6.52. The average molecular weight is 1990 g/mol. The Labute approximate surface area is 879 Å². The quantitative estimate of drug-likeness (QED) is 0.1000. The van der Waals surface area contributed by atoms with Gasteiger partial charge < -0.3 is 8.83 Å². The fraction of sp³-hybridized carbons (Fsp3) is 0. The molecule has 9 heterocycles. The van der Waals surface area contributed by atoms with Crippen molar-refractivity contribution in [3.63, 3.8) is 0 Å². The maximum atomic E-state index is 6.52. The first-order chi connectivity index (χ1) is 74.3. The summed E-state index contributed by atoms with van der Waals surface area (Å²) in [4.78, 5) is 34.4. The van der Waals surface area contributed by atoms with Crippen molar-refractivity contribution in [1.82, 2.24) is 29.9 Å². The van der Waals surface area contributed by atoms with Gasteiger partial charge >= 0.3 is 0 Å². The number of para-hydroxylation sites is 4. The van der Waals surface area contributed by atoms with Gasteiger partial charge in [-0.05, 0) is 173 Å². The van der Waals surface area contributed by atoms with Gasteiger partial charge in [-0.2, -0.15) is 0 Å². The Morgan fingerprint density at radius 2 is 0.400 bits per heavy atom. The Hall–Kier alpha value is -18.7. The van der Waals surface area contributed by atoms with Gasteiger partial charge in [0.25, 0.3) is 0 Å². The van der Waals surface area contributed by atoms with Crippen LogP contribution in [0.3, 0.4) is 0 Å². The number of benzene rings is 21. The fourth-order valence-electron chi connectivity index (χ4n) is 21.3. The molecule has 21 aromatic carbocycles. The van der Waals surface area contributed by atoms with Crippen molar-refractivity contribution in [2.45, 2.75) is 0 Å². The summed E-state index contributed by atoms with van der Waals surface area (Å²) < 4.78 is 19.2. The van der Waals surface area contributed by atoms with Gasteiger partial charge in [-0.25, -0.2) is 29.9 Å². The molecule has 0 aliphatic heterocycles. The molecule has 0 spiro atoms. The number of hydrogen-bond acceptors (Lipinski definition) is 12. The number of fused-ring (bicyclic) bond motifs is 18. The van der Waals surface area contributed by atoms with Crippen LogP contribution in [0.4, 0.5) is 0 Å². The second-order valence-electron chi connectivity index (χ2n) is 37.7. The van der Waals surface area contributed by atoms with E-state index in [0.717, 1.165) is 175 Å². The van der Waals surface area contributed by atoms with Crippen LogP contribution in [0, 0.1) is 0 Å². The third-order valence-electron chi connectivity index (χ3n) is 28.6. The van der Waals surface area contributed by atoms with Gasteiger partial charge in [0.1, 0.15) is 36.8 Å². The van der Waals surface area contributed by atoms with E-state index in [1.165, 1.54) is 106 Å². The topological polar surface area (TPSA) is 104 Å². The number of rotatable bonds is 15. The average Bonchev–Trinajstić information content (AvgIpc) is 1.58. The lowest BCUT2D eigenvalue weighted by Crippen LogP contribution is -1.94. The van der Waals surface area contributed by atoms with Crippen LogP contribution in [0.1, 0.15) is 0 Å². The highest BCUT2D eigenvalue weighted by Crippen LogP contribution is 2.49. The smallest absolute Gasteiger partial charge is 0.161 e. The zero-order valence-corrected chi connectivity index (χ0v) is 83.9. The second kappa shape index (κ2) is 38.1. The molecule has 0 aliphatic rings. The molecule has 0 amide bonds. The molecule has 0 bridgehead atoms. The first kappa shape index (κ1) is 89.0. The Morgan fingerprint density at radius 3 is 0.827 bits per heavy atom. The van der Waals surface area contributed by atoms with Gasteiger partial charge in [0.15, 0.2) is 17.5 Å². The molecular formula is C138H84N6O2S4. The minimum Gasteiger partial charge on any atom is -0.455 e. The molecule has 0 N–H and O–H groups in total. The lowest BCUT2D eigenvalue weighted by atomic mass is 9.96. The number of thiophene rings is 4. The monoisotopic (exact) mass is 1980 g/mol. The van der Waals surface area contributed by atoms with Crippen LogP contribution >= 0.6 is 45.3 Å². The fourth-order valence-corrected chi connectivity index (χ4v) is 25.7. The molecule has 0 atom stereocenters. The Balaban J connectivity index is 0.000000109. The number of furan rings is 2. The van der Waals surface area contributed by atoms with Crippen molar-refractivity contribution < 1.29 is 8.83 Å². The predicted molar refractivity (Wildman–Crippen MR) is 634 cm³/mol. The molecule has 0 saturated carbocycles. The van der Waals surface area contributed by atoms with E-state index in [-0.39, 0.29) is 0 Å². The summed E-state index contributed by atoms with van der Waals surface area (Å²) in [6, 6.07) is 180. The summed E-state index contributed by atoms with van der Waals surface area (Å²) in [6.45, 7) is 0. The van der Waals surface area contributed by atoms with Crippen LogP contribution in [0.5, 0.6) is 0 Å². The van der Waals surface area contributed by atoms with E-state index in [9.17, 15) is 0 Å². The van der Waals surface area contributed by atoms with Gasteiger partial charge in [-0.15, -0.1) is 45.3 Å². The molecule has 0 fully saturated rings. The SMILES string of the molecule is c1ccc(-c2ccc(-c3cccc(-c4cccc(-c5nc(-c6ccc(-c7cccc8c7oc7ccccc78)cc6)c6c(n5)sc5ccccc56)c4)c3)cc2)cc1.c1ccc(-c2ccc(-c3cccc(-c4cccc(-c5nc(-c6cccc7c6oc6ccccc67)c6c(n5)sc5ccccc56)c4)c3)cc2)cc1.c1ccc(-c2nc(-c3cccc(-c4cccc(-c5cccc6c5sc5ccccc56)c4)c3)nc3sc4ccccc4c23)cc1. The van der Waals surface area contributed by atoms with Crippen molar-refractivity contribution in [1.29, 1.82) is 0 Å². The number of aromatic nitrogens is 6. The van der Waals surface area contributed by atoms with Crippen LogP contribution in [-0.4, -0.2) is 29.9 Å². The van der Waals surface area contributed by atoms with Crippen molar-refractivity contribution in [3.8, 4) is 168 Å². The summed E-state index contributed by atoms with van der Waals surface area (Å²) in [5.41, 5.74) is 33.5. The van der Waals surface area contributed by atoms with Crippen LogP contribution in [-0.2, 0) is 0 Å². The van der Waals surface area contributed by atoms with Crippen LogP contribution in [0.2, 0.25) is 0 Å². The van der Waals surface area contributed by atoms with Crippen molar-refractivity contribution >= 4 is 170 Å². The largest absolute Gasteiger partial charge is 0.455 e. The molecule has 0 aliphatic carbocycles. The van der Waals surface area contributed by atoms with Crippen LogP contribution in [0.25, 0.3) is 293 Å². The van der Waals surface area contributed by atoms with Gasteiger partial charge in [0.2, 0.25) is 0 Å². The first-order valence-corrected chi connectivity index (χ1v) is 53.5. The van der Waals surface area contributed by atoms with Gasteiger partial charge in [-0.3, -0.25) is 0 Å². The third kappa shape index (κ3) is 16.5. The lowest BCUT2D eigenvalue weighted by Gasteiger charge is -2.11. The number of hydrogen-bond donors (Lipinski definition) is 0. The van der Waals surface area contributed by atoms with Gasteiger partial charge in [0, 0.05) is 127 Å². The van der Waals surface area contributed by atoms with Crippen molar-refractivity contribution in [2.24, 2.45) is 0 Å². The van der Waals surface area contributed by atoms with Crippen molar-refractivity contribution in [2.75, 3.05) is 0 Å². The summed E-state index contributed by atoms with van der Waals surface area (Å²) in [6.07, 6.45) is 0. The molecule has 12 heteroatoms. The van der Waals surface area contributed by atoms with E-state index < -0.39 is 0 Å². The van der Waals surface area contributed by atoms with Crippen molar-refractivity contribution in [3.05, 3.63) is 510 Å². The molecular weight excluding hydrogens is 1900 g/mol. The summed E-state index contributed by atoms with van der Waals surface area (Å²) in [7, 11) is 0. The zero-order chi connectivity index (χ0) is 99.1. The minimum absolute atomic E-state index is 0.696. The zero-order valence-electron chi connectivity index (χ0n) is 80.6. The molecule has 0 saturated heterocycles. The van der Waals surface area contributed by atoms with Gasteiger partial charge in [0.05, 0.1) is 17.1 Å². The number of nitrogens with zero attached hydrogens (tertiary/aromatic N) is 6. The third-order valence-corrected chi connectivity index (χ3v) is 33.0. The first-order valence-electron chi connectivity index (χ1n) is 50.2. The molecule has 0 unspecified atom stereocenters. The van der Waals surface area contributed by atoms with E-state index >= 15 is 0 Å². The lowest BCUT2D eigenvalue weighted by molar-refractivity contribution is 0.669. The van der Waals surface area contributed by atoms with Crippen LogP contribution < -0.4 is 0 Å². The minimum atomic E-state index is 0.696. The predicted octanol–water partition coefficient (Wildman–Crippen LogP) is 39.7. The van der Waals surface area contributed by atoms with E-state index in [4.69, 9.17) is 38.7 Å². The van der Waals surface area contributed by atoms with E-state index in [1.54, 1.807) is 34.0 Å². The molecule has 702 valence electrons.